The molecule has 2 rings (SSSR count). The van der Waals surface area contributed by atoms with Gasteiger partial charge < -0.3 is 5.32 Å². The Morgan fingerprint density at radius 1 is 1.40 bits per heavy atom. The minimum absolute atomic E-state index is 0.270. The van der Waals surface area contributed by atoms with Crippen LogP contribution >= 0.6 is 0 Å². The number of halogens is 1. The van der Waals surface area contributed by atoms with Crippen LogP contribution in [0.5, 0.6) is 0 Å². The standard InChI is InChI=1S/C14H21FN2O2S/c1-10(12-4-5-12)8-17-20(18,19)14-7-11(9-16-2)3-6-13(14)15/h3,6-7,10,12,16-17H,4-5,8-9H2,1-2H3. The summed E-state index contributed by atoms with van der Waals surface area (Å²) in [5.41, 5.74) is 0.740. The van der Waals surface area contributed by atoms with Crippen LogP contribution in [0.4, 0.5) is 4.39 Å². The summed E-state index contributed by atoms with van der Waals surface area (Å²) in [6, 6.07) is 4.17. The second-order valence-corrected chi connectivity index (χ2v) is 7.20. The van der Waals surface area contributed by atoms with Crippen LogP contribution in [0.3, 0.4) is 0 Å². The van der Waals surface area contributed by atoms with E-state index in [1.54, 1.807) is 13.1 Å². The van der Waals surface area contributed by atoms with Crippen molar-refractivity contribution >= 4 is 10.0 Å². The summed E-state index contributed by atoms with van der Waals surface area (Å²) < 4.78 is 40.7. The van der Waals surface area contributed by atoms with Crippen molar-refractivity contribution in [1.29, 1.82) is 0 Å². The number of benzene rings is 1. The number of nitrogens with one attached hydrogen (secondary N) is 2. The van der Waals surface area contributed by atoms with Gasteiger partial charge in [0.1, 0.15) is 10.7 Å². The molecule has 0 aromatic heterocycles. The highest BCUT2D eigenvalue weighted by Crippen LogP contribution is 2.36. The summed E-state index contributed by atoms with van der Waals surface area (Å²) in [6.45, 7) is 2.89. The highest BCUT2D eigenvalue weighted by atomic mass is 32.2. The molecule has 0 saturated heterocycles. The fourth-order valence-corrected chi connectivity index (χ4v) is 3.49. The third kappa shape index (κ3) is 3.77. The third-order valence-corrected chi connectivity index (χ3v) is 5.13. The molecule has 0 amide bonds. The van der Waals surface area contributed by atoms with E-state index in [1.807, 2.05) is 6.92 Å². The van der Waals surface area contributed by atoms with Crippen LogP contribution in [-0.2, 0) is 16.6 Å². The highest BCUT2D eigenvalue weighted by Gasteiger charge is 2.29. The summed E-state index contributed by atoms with van der Waals surface area (Å²) in [5.74, 6) is 0.197. The summed E-state index contributed by atoms with van der Waals surface area (Å²) >= 11 is 0. The van der Waals surface area contributed by atoms with Gasteiger partial charge in [0.15, 0.2) is 0 Å². The van der Waals surface area contributed by atoms with Gasteiger partial charge in [0.2, 0.25) is 10.0 Å². The van der Waals surface area contributed by atoms with E-state index in [9.17, 15) is 12.8 Å². The Balaban J connectivity index is 2.12. The van der Waals surface area contributed by atoms with Gasteiger partial charge in [-0.1, -0.05) is 13.0 Å². The number of sulfonamides is 1. The Morgan fingerprint density at radius 2 is 2.10 bits per heavy atom. The minimum atomic E-state index is -3.79. The SMILES string of the molecule is CNCc1ccc(F)c(S(=O)(=O)NCC(C)C2CC2)c1. The lowest BCUT2D eigenvalue weighted by molar-refractivity contribution is 0.489. The molecule has 112 valence electrons. The zero-order chi connectivity index (χ0) is 14.8. The van der Waals surface area contributed by atoms with Gasteiger partial charge >= 0.3 is 0 Å². The van der Waals surface area contributed by atoms with Gasteiger partial charge in [-0.05, 0) is 49.4 Å². The van der Waals surface area contributed by atoms with E-state index < -0.39 is 15.8 Å². The fraction of sp³-hybridized carbons (Fsp3) is 0.571. The molecule has 1 aliphatic carbocycles. The van der Waals surface area contributed by atoms with Crippen molar-refractivity contribution in [2.75, 3.05) is 13.6 Å². The molecule has 0 spiro atoms. The van der Waals surface area contributed by atoms with E-state index in [2.05, 4.69) is 10.0 Å². The molecule has 0 bridgehead atoms. The molecule has 1 saturated carbocycles. The van der Waals surface area contributed by atoms with Crippen molar-refractivity contribution in [2.24, 2.45) is 11.8 Å². The molecule has 0 radical (unpaired) electrons. The third-order valence-electron chi connectivity index (χ3n) is 3.69. The molecular formula is C14H21FN2O2S. The van der Waals surface area contributed by atoms with Crippen LogP contribution in [0.25, 0.3) is 0 Å². The predicted octanol–water partition coefficient (Wildman–Crippen LogP) is 1.87. The Bertz CT molecular complexity index is 571. The highest BCUT2D eigenvalue weighted by molar-refractivity contribution is 7.89. The van der Waals surface area contributed by atoms with Crippen molar-refractivity contribution in [1.82, 2.24) is 10.0 Å². The molecule has 1 fully saturated rings. The zero-order valence-electron chi connectivity index (χ0n) is 11.8. The van der Waals surface area contributed by atoms with Gasteiger partial charge in [0.05, 0.1) is 0 Å². The lowest BCUT2D eigenvalue weighted by Gasteiger charge is -2.13. The second kappa shape index (κ2) is 6.20. The lowest BCUT2D eigenvalue weighted by Crippen LogP contribution is -2.30. The normalized spacial score (nSPS) is 17.1. The molecule has 0 aliphatic heterocycles. The van der Waals surface area contributed by atoms with Crippen molar-refractivity contribution < 1.29 is 12.8 Å². The zero-order valence-corrected chi connectivity index (χ0v) is 12.6. The Labute approximate surface area is 119 Å². The van der Waals surface area contributed by atoms with Crippen LogP contribution in [0.15, 0.2) is 23.1 Å². The second-order valence-electron chi connectivity index (χ2n) is 5.46. The molecule has 1 aromatic rings. The molecule has 20 heavy (non-hydrogen) atoms. The molecule has 1 unspecified atom stereocenters. The Kier molecular flexibility index (Phi) is 4.78. The molecular weight excluding hydrogens is 279 g/mol. The van der Waals surface area contributed by atoms with E-state index >= 15 is 0 Å². The first-order valence-electron chi connectivity index (χ1n) is 6.86. The summed E-state index contributed by atoms with van der Waals surface area (Å²) in [6.07, 6.45) is 2.32. The molecule has 1 aliphatic rings. The maximum absolute atomic E-state index is 13.8. The van der Waals surface area contributed by atoms with Crippen LogP contribution in [0.2, 0.25) is 0 Å². The van der Waals surface area contributed by atoms with Crippen molar-refractivity contribution in [2.45, 2.75) is 31.2 Å². The minimum Gasteiger partial charge on any atom is -0.316 e. The van der Waals surface area contributed by atoms with Crippen LogP contribution in [-0.4, -0.2) is 22.0 Å². The van der Waals surface area contributed by atoms with E-state index in [4.69, 9.17) is 0 Å². The summed E-state index contributed by atoms with van der Waals surface area (Å²) in [5, 5.41) is 2.92. The smallest absolute Gasteiger partial charge is 0.243 e. The number of hydrogen-bond donors (Lipinski definition) is 2. The van der Waals surface area contributed by atoms with E-state index in [0.29, 0.717) is 24.9 Å². The first kappa shape index (κ1) is 15.4. The van der Waals surface area contributed by atoms with Gasteiger partial charge in [-0.3, -0.25) is 0 Å². The van der Waals surface area contributed by atoms with Gasteiger partial charge in [0.25, 0.3) is 0 Å². The van der Waals surface area contributed by atoms with Crippen LogP contribution < -0.4 is 10.0 Å². The number of rotatable bonds is 7. The maximum atomic E-state index is 13.8. The van der Waals surface area contributed by atoms with Crippen LogP contribution in [0, 0.1) is 17.7 Å². The molecule has 4 nitrogen and oxygen atoms in total. The molecule has 0 heterocycles. The van der Waals surface area contributed by atoms with Crippen molar-refractivity contribution in [3.05, 3.63) is 29.6 Å². The number of hydrogen-bond acceptors (Lipinski definition) is 3. The van der Waals surface area contributed by atoms with Crippen molar-refractivity contribution in [3.63, 3.8) is 0 Å². The van der Waals surface area contributed by atoms with E-state index in [1.165, 1.54) is 12.1 Å². The topological polar surface area (TPSA) is 58.2 Å². The average molecular weight is 300 g/mol. The van der Waals surface area contributed by atoms with E-state index in [-0.39, 0.29) is 4.90 Å². The molecule has 1 aromatic carbocycles. The van der Waals surface area contributed by atoms with Gasteiger partial charge in [-0.25, -0.2) is 17.5 Å². The quantitative estimate of drug-likeness (QED) is 0.808. The Hall–Kier alpha value is -0.980. The molecule has 2 N–H and O–H groups in total. The van der Waals surface area contributed by atoms with Gasteiger partial charge in [-0.15, -0.1) is 0 Å². The monoisotopic (exact) mass is 300 g/mol. The fourth-order valence-electron chi connectivity index (χ4n) is 2.22. The van der Waals surface area contributed by atoms with Crippen LogP contribution in [0.1, 0.15) is 25.3 Å². The van der Waals surface area contributed by atoms with Gasteiger partial charge in [0, 0.05) is 13.1 Å². The Morgan fingerprint density at radius 3 is 2.70 bits per heavy atom. The largest absolute Gasteiger partial charge is 0.316 e. The summed E-state index contributed by atoms with van der Waals surface area (Å²) in [4.78, 5) is -0.270. The van der Waals surface area contributed by atoms with E-state index in [0.717, 1.165) is 18.4 Å². The van der Waals surface area contributed by atoms with Crippen molar-refractivity contribution in [3.8, 4) is 0 Å². The summed E-state index contributed by atoms with van der Waals surface area (Å²) in [7, 11) is -2.03. The lowest BCUT2D eigenvalue weighted by atomic mass is 10.1. The molecule has 6 heteroatoms. The average Bonchev–Trinajstić information content (AvgIpc) is 3.23. The first-order chi connectivity index (χ1) is 9.44. The van der Waals surface area contributed by atoms with Gasteiger partial charge in [-0.2, -0.15) is 0 Å². The first-order valence-corrected chi connectivity index (χ1v) is 8.35. The maximum Gasteiger partial charge on any atom is 0.243 e. The predicted molar refractivity (Wildman–Crippen MR) is 76.2 cm³/mol. The molecule has 1 atom stereocenters.